The maximum Gasteiger partial charge on any atom is 0.337 e. The Morgan fingerprint density at radius 1 is 1.11 bits per heavy atom. The molecule has 3 aromatic rings. The molecule has 2 heterocycles. The van der Waals surface area contributed by atoms with Crippen LogP contribution in [0.1, 0.15) is 32.6 Å². The van der Waals surface area contributed by atoms with Crippen molar-refractivity contribution in [1.29, 1.82) is 5.26 Å². The zero-order chi connectivity index (χ0) is 19.5. The summed E-state index contributed by atoms with van der Waals surface area (Å²) in [5.74, 6) is 0.492. The lowest BCUT2D eigenvalue weighted by Crippen LogP contribution is -2.19. The average molecular weight is 367 g/mol. The number of nitriles is 1. The van der Waals surface area contributed by atoms with Gasteiger partial charge >= 0.3 is 5.97 Å². The van der Waals surface area contributed by atoms with Crippen LogP contribution in [0.4, 0.5) is 11.5 Å². The fourth-order valence-electron chi connectivity index (χ4n) is 3.27. The van der Waals surface area contributed by atoms with Crippen LogP contribution in [0.15, 0.2) is 60.8 Å². The quantitative estimate of drug-likeness (QED) is 0.635. The highest BCUT2D eigenvalue weighted by molar-refractivity contribution is 5.89. The first-order valence-electron chi connectivity index (χ1n) is 8.81. The molecule has 0 saturated carbocycles. The monoisotopic (exact) mass is 367 g/mol. The van der Waals surface area contributed by atoms with Crippen LogP contribution in [0.3, 0.4) is 0 Å². The van der Waals surface area contributed by atoms with Gasteiger partial charge in [0.05, 0.1) is 30.0 Å². The highest BCUT2D eigenvalue weighted by Crippen LogP contribution is 2.36. The van der Waals surface area contributed by atoms with Crippen LogP contribution in [-0.2, 0) is 11.3 Å². The van der Waals surface area contributed by atoms with Gasteiger partial charge in [-0.05, 0) is 53.6 Å². The van der Waals surface area contributed by atoms with Crippen molar-refractivity contribution in [2.24, 2.45) is 0 Å². The molecule has 0 amide bonds. The fourth-order valence-corrected chi connectivity index (χ4v) is 3.27. The largest absolute Gasteiger partial charge is 0.465 e. The van der Waals surface area contributed by atoms with Crippen LogP contribution in [0, 0.1) is 11.3 Å². The lowest BCUT2D eigenvalue weighted by molar-refractivity contribution is 0.0600. The Hall–Kier alpha value is -3.91. The Labute approximate surface area is 163 Å². The third kappa shape index (κ3) is 3.24. The number of hydrogen-bond acceptors (Lipinski definition) is 5. The first kappa shape index (κ1) is 17.5. The van der Waals surface area contributed by atoms with Crippen LogP contribution in [0.2, 0.25) is 0 Å². The molecule has 0 atom stereocenters. The first-order chi connectivity index (χ1) is 13.7. The van der Waals surface area contributed by atoms with Gasteiger partial charge in [-0.1, -0.05) is 24.3 Å². The Bertz CT molecular complexity index is 1110. The van der Waals surface area contributed by atoms with Crippen LogP contribution >= 0.6 is 0 Å². The van der Waals surface area contributed by atoms with Crippen LogP contribution in [0.25, 0.3) is 12.2 Å². The SMILES string of the molecule is COC(=O)c1ccc(CN2c3ccc(C#N)cc3C=Cc3cccnc32)cc1. The highest BCUT2D eigenvalue weighted by Gasteiger charge is 2.20. The zero-order valence-electron chi connectivity index (χ0n) is 15.3. The van der Waals surface area contributed by atoms with E-state index in [-0.39, 0.29) is 5.97 Å². The maximum atomic E-state index is 11.7. The van der Waals surface area contributed by atoms with Gasteiger partial charge in [0.25, 0.3) is 0 Å². The summed E-state index contributed by atoms with van der Waals surface area (Å²) in [6.45, 7) is 0.575. The van der Waals surface area contributed by atoms with Gasteiger partial charge in [-0.3, -0.25) is 0 Å². The second-order valence-corrected chi connectivity index (χ2v) is 6.41. The summed E-state index contributed by atoms with van der Waals surface area (Å²) in [5.41, 5.74) is 5.10. The maximum absolute atomic E-state index is 11.7. The van der Waals surface area contributed by atoms with Gasteiger partial charge in [0.1, 0.15) is 5.82 Å². The van der Waals surface area contributed by atoms with E-state index in [0.717, 1.165) is 28.2 Å². The van der Waals surface area contributed by atoms with E-state index < -0.39 is 0 Å². The lowest BCUT2D eigenvalue weighted by atomic mass is 10.1. The first-order valence-corrected chi connectivity index (χ1v) is 8.81. The number of benzene rings is 2. The third-order valence-corrected chi connectivity index (χ3v) is 4.68. The number of fused-ring (bicyclic) bond motifs is 2. The number of nitrogens with zero attached hydrogens (tertiary/aromatic N) is 3. The molecule has 2 aromatic carbocycles. The predicted octanol–water partition coefficient (Wildman–Crippen LogP) is 4.56. The number of carbonyl (C=O) groups excluding carboxylic acids is 1. The highest BCUT2D eigenvalue weighted by atomic mass is 16.5. The summed E-state index contributed by atoms with van der Waals surface area (Å²) in [4.78, 5) is 18.4. The van der Waals surface area contributed by atoms with Gasteiger partial charge in [-0.15, -0.1) is 0 Å². The van der Waals surface area contributed by atoms with Crippen molar-refractivity contribution < 1.29 is 9.53 Å². The number of aromatic nitrogens is 1. The van der Waals surface area contributed by atoms with E-state index in [9.17, 15) is 10.1 Å². The van der Waals surface area contributed by atoms with Crippen LogP contribution in [0.5, 0.6) is 0 Å². The number of hydrogen-bond donors (Lipinski definition) is 0. The van der Waals surface area contributed by atoms with E-state index in [1.807, 2.05) is 54.6 Å². The van der Waals surface area contributed by atoms with Crippen molar-refractivity contribution in [3.8, 4) is 6.07 Å². The van der Waals surface area contributed by atoms with Gasteiger partial charge in [-0.2, -0.15) is 5.26 Å². The van der Waals surface area contributed by atoms with Gasteiger partial charge in [0.2, 0.25) is 0 Å². The molecule has 4 rings (SSSR count). The van der Waals surface area contributed by atoms with Gasteiger partial charge in [-0.25, -0.2) is 9.78 Å². The molecule has 0 N–H and O–H groups in total. The molecule has 0 aliphatic carbocycles. The fraction of sp³-hybridized carbons (Fsp3) is 0.0870. The van der Waals surface area contributed by atoms with Gasteiger partial charge in [0.15, 0.2) is 0 Å². The van der Waals surface area contributed by atoms with E-state index in [1.165, 1.54) is 7.11 Å². The van der Waals surface area contributed by atoms with Crippen LogP contribution in [-0.4, -0.2) is 18.1 Å². The van der Waals surface area contributed by atoms with Crippen molar-refractivity contribution >= 4 is 29.6 Å². The second kappa shape index (κ2) is 7.37. The number of anilines is 2. The number of rotatable bonds is 3. The molecule has 1 aromatic heterocycles. The van der Waals surface area contributed by atoms with E-state index in [1.54, 1.807) is 18.3 Å². The minimum atomic E-state index is -0.355. The molecule has 0 radical (unpaired) electrons. The molecule has 1 aliphatic rings. The molecular formula is C23H17N3O2. The van der Waals surface area contributed by atoms with E-state index in [4.69, 9.17) is 4.74 Å². The molecule has 0 spiro atoms. The second-order valence-electron chi connectivity index (χ2n) is 6.41. The summed E-state index contributed by atoms with van der Waals surface area (Å²) in [5, 5.41) is 9.24. The van der Waals surface area contributed by atoms with Gasteiger partial charge in [0, 0.05) is 18.3 Å². The molecule has 0 unspecified atom stereocenters. The summed E-state index contributed by atoms with van der Waals surface area (Å²) >= 11 is 0. The van der Waals surface area contributed by atoms with Gasteiger partial charge < -0.3 is 9.64 Å². The zero-order valence-corrected chi connectivity index (χ0v) is 15.3. The van der Waals surface area contributed by atoms with Crippen molar-refractivity contribution in [3.63, 3.8) is 0 Å². The summed E-state index contributed by atoms with van der Waals surface area (Å²) in [6, 6.07) is 19.1. The summed E-state index contributed by atoms with van der Waals surface area (Å²) in [6.07, 6.45) is 5.80. The third-order valence-electron chi connectivity index (χ3n) is 4.68. The minimum absolute atomic E-state index is 0.355. The van der Waals surface area contributed by atoms with Crippen LogP contribution < -0.4 is 4.90 Å². The topological polar surface area (TPSA) is 66.2 Å². The molecule has 0 fully saturated rings. The van der Waals surface area contributed by atoms with Crippen molar-refractivity contribution in [3.05, 3.63) is 88.6 Å². The van der Waals surface area contributed by atoms with Crippen molar-refractivity contribution in [2.45, 2.75) is 6.54 Å². The molecule has 5 nitrogen and oxygen atoms in total. The number of carbonyl (C=O) groups is 1. The number of esters is 1. The Morgan fingerprint density at radius 3 is 2.64 bits per heavy atom. The number of pyridine rings is 1. The number of ether oxygens (including phenoxy) is 1. The predicted molar refractivity (Wildman–Crippen MR) is 108 cm³/mol. The normalized spacial score (nSPS) is 11.8. The van der Waals surface area contributed by atoms with Crippen molar-refractivity contribution in [1.82, 2.24) is 4.98 Å². The molecule has 0 bridgehead atoms. The summed E-state index contributed by atoms with van der Waals surface area (Å²) < 4.78 is 4.76. The average Bonchev–Trinajstić information content (AvgIpc) is 2.90. The minimum Gasteiger partial charge on any atom is -0.465 e. The molecule has 136 valence electrons. The Balaban J connectivity index is 1.76. The number of methoxy groups -OCH3 is 1. The smallest absolute Gasteiger partial charge is 0.337 e. The van der Waals surface area contributed by atoms with E-state index in [0.29, 0.717) is 17.7 Å². The molecule has 28 heavy (non-hydrogen) atoms. The Morgan fingerprint density at radius 2 is 1.89 bits per heavy atom. The molecular weight excluding hydrogens is 350 g/mol. The standard InChI is InChI=1S/C23H17N3O2/c1-28-23(27)19-7-4-16(5-8-19)15-26-21-11-6-17(14-24)13-20(21)10-9-18-3-2-12-25-22(18)26/h2-13H,15H2,1H3. The molecule has 0 saturated heterocycles. The molecule has 5 heteroatoms. The Kier molecular flexibility index (Phi) is 4.61. The van der Waals surface area contributed by atoms with E-state index >= 15 is 0 Å². The lowest BCUT2D eigenvalue weighted by Gasteiger charge is -2.26. The van der Waals surface area contributed by atoms with E-state index in [2.05, 4.69) is 16.0 Å². The summed E-state index contributed by atoms with van der Waals surface area (Å²) in [7, 11) is 1.37. The van der Waals surface area contributed by atoms with Crippen molar-refractivity contribution in [2.75, 3.05) is 12.0 Å². The molecule has 1 aliphatic heterocycles.